The number of fused-ring (bicyclic) bond motifs is 1. The van der Waals surface area contributed by atoms with Crippen LogP contribution in [0.4, 0.5) is 0 Å². The zero-order chi connectivity index (χ0) is 12.7. The molecule has 0 aromatic carbocycles. The van der Waals surface area contributed by atoms with Crippen molar-refractivity contribution in [1.82, 2.24) is 24.7 Å². The molecule has 0 saturated heterocycles. The fourth-order valence-corrected chi connectivity index (χ4v) is 1.86. The summed E-state index contributed by atoms with van der Waals surface area (Å²) < 4.78 is 1.66. The Hall–Kier alpha value is -2.50. The number of rotatable bonds is 1. The van der Waals surface area contributed by atoms with Gasteiger partial charge in [0.15, 0.2) is 0 Å². The van der Waals surface area contributed by atoms with Gasteiger partial charge >= 0.3 is 0 Å². The van der Waals surface area contributed by atoms with E-state index in [0.29, 0.717) is 17.0 Å². The van der Waals surface area contributed by atoms with Crippen LogP contribution < -0.4 is 5.56 Å². The van der Waals surface area contributed by atoms with Crippen molar-refractivity contribution in [3.63, 3.8) is 0 Å². The van der Waals surface area contributed by atoms with Gasteiger partial charge in [-0.3, -0.25) is 9.48 Å². The molecule has 0 atom stereocenters. The Morgan fingerprint density at radius 2 is 2.17 bits per heavy atom. The van der Waals surface area contributed by atoms with Crippen molar-refractivity contribution in [2.45, 2.75) is 6.92 Å². The molecule has 0 spiro atoms. The first-order valence-corrected chi connectivity index (χ1v) is 5.49. The van der Waals surface area contributed by atoms with Gasteiger partial charge in [-0.1, -0.05) is 0 Å². The number of aromatic amines is 1. The molecule has 0 aliphatic carbocycles. The Balaban J connectivity index is 2.28. The molecule has 0 unspecified atom stereocenters. The van der Waals surface area contributed by atoms with Crippen LogP contribution in [-0.2, 0) is 7.05 Å². The van der Waals surface area contributed by atoms with E-state index in [1.807, 2.05) is 7.05 Å². The number of hydrogen-bond donors (Lipinski definition) is 1. The third-order valence-electron chi connectivity index (χ3n) is 2.73. The van der Waals surface area contributed by atoms with Crippen LogP contribution in [0.15, 0.2) is 29.5 Å². The van der Waals surface area contributed by atoms with Gasteiger partial charge in [0.05, 0.1) is 11.8 Å². The quantitative estimate of drug-likeness (QED) is 0.690. The van der Waals surface area contributed by atoms with Gasteiger partial charge in [-0.05, 0) is 13.0 Å². The monoisotopic (exact) mass is 241 g/mol. The molecule has 3 rings (SSSR count). The van der Waals surface area contributed by atoms with E-state index < -0.39 is 0 Å². The fraction of sp³-hybridized carbons (Fsp3) is 0.167. The van der Waals surface area contributed by atoms with Crippen LogP contribution in [0.5, 0.6) is 0 Å². The molecule has 0 aliphatic rings. The molecule has 18 heavy (non-hydrogen) atoms. The summed E-state index contributed by atoms with van der Waals surface area (Å²) in [4.78, 5) is 23.1. The molecule has 0 fully saturated rings. The highest BCUT2D eigenvalue weighted by atomic mass is 16.1. The summed E-state index contributed by atoms with van der Waals surface area (Å²) in [5.74, 6) is 0.632. The van der Waals surface area contributed by atoms with Crippen LogP contribution in [0, 0.1) is 6.92 Å². The molecule has 6 nitrogen and oxygen atoms in total. The summed E-state index contributed by atoms with van der Waals surface area (Å²) in [5.41, 5.74) is 1.73. The summed E-state index contributed by atoms with van der Waals surface area (Å²) in [6, 6.07) is 1.78. The number of hydrogen-bond acceptors (Lipinski definition) is 4. The first-order valence-electron chi connectivity index (χ1n) is 5.49. The molecule has 0 aliphatic heterocycles. The van der Waals surface area contributed by atoms with E-state index in [1.54, 1.807) is 36.3 Å². The second-order valence-electron chi connectivity index (χ2n) is 4.14. The molecule has 0 amide bonds. The molecular formula is C12H11N5O. The maximum absolute atomic E-state index is 12.0. The second-order valence-corrected chi connectivity index (χ2v) is 4.14. The van der Waals surface area contributed by atoms with Gasteiger partial charge in [0.25, 0.3) is 5.56 Å². The first-order chi connectivity index (χ1) is 8.63. The molecule has 90 valence electrons. The summed E-state index contributed by atoms with van der Waals surface area (Å²) in [5, 5.41) is 4.87. The van der Waals surface area contributed by atoms with E-state index in [-0.39, 0.29) is 5.56 Å². The minimum Gasteiger partial charge on any atom is -0.306 e. The molecule has 0 radical (unpaired) electrons. The van der Waals surface area contributed by atoms with E-state index in [0.717, 1.165) is 10.9 Å². The Kier molecular flexibility index (Phi) is 2.22. The molecule has 0 bridgehead atoms. The first kappa shape index (κ1) is 10.6. The molecule has 3 aromatic heterocycles. The number of nitrogens with one attached hydrogen (secondary N) is 1. The maximum atomic E-state index is 12.0. The number of pyridine rings is 1. The van der Waals surface area contributed by atoms with Crippen LogP contribution in [0.1, 0.15) is 5.82 Å². The number of aryl methyl sites for hydroxylation is 2. The normalized spacial score (nSPS) is 11.0. The van der Waals surface area contributed by atoms with Crippen LogP contribution in [-0.4, -0.2) is 24.7 Å². The lowest BCUT2D eigenvalue weighted by molar-refractivity contribution is 0.768. The molecule has 3 aromatic rings. The minimum absolute atomic E-state index is 0.173. The smallest absolute Gasteiger partial charge is 0.257 e. The standard InChI is InChI=1S/C12H11N5O/c1-7-13-4-8-3-10(9-5-14-17(2)6-9)12(18)16-11(8)15-7/h3-6H,1-2H3,(H,13,15,16,18). The van der Waals surface area contributed by atoms with Crippen molar-refractivity contribution in [2.24, 2.45) is 7.05 Å². The lowest BCUT2D eigenvalue weighted by Crippen LogP contribution is -2.09. The average molecular weight is 241 g/mol. The van der Waals surface area contributed by atoms with Gasteiger partial charge in [-0.25, -0.2) is 9.97 Å². The van der Waals surface area contributed by atoms with Gasteiger partial charge < -0.3 is 4.98 Å². The minimum atomic E-state index is -0.173. The third kappa shape index (κ3) is 1.67. The summed E-state index contributed by atoms with van der Waals surface area (Å²) in [7, 11) is 1.81. The largest absolute Gasteiger partial charge is 0.306 e. The Bertz CT molecular complexity index is 787. The predicted molar refractivity (Wildman–Crippen MR) is 67.1 cm³/mol. The molecule has 6 heteroatoms. The van der Waals surface area contributed by atoms with Crippen LogP contribution in [0.3, 0.4) is 0 Å². The topological polar surface area (TPSA) is 76.5 Å². The van der Waals surface area contributed by atoms with E-state index in [9.17, 15) is 4.79 Å². The zero-order valence-electron chi connectivity index (χ0n) is 10.0. The Morgan fingerprint density at radius 3 is 2.89 bits per heavy atom. The lowest BCUT2D eigenvalue weighted by atomic mass is 10.1. The summed E-state index contributed by atoms with van der Waals surface area (Å²) in [6.07, 6.45) is 5.16. The highest BCUT2D eigenvalue weighted by molar-refractivity contribution is 5.79. The van der Waals surface area contributed by atoms with E-state index in [1.165, 1.54) is 0 Å². The van der Waals surface area contributed by atoms with Crippen molar-refractivity contribution in [3.05, 3.63) is 40.8 Å². The van der Waals surface area contributed by atoms with Crippen molar-refractivity contribution in [2.75, 3.05) is 0 Å². The second kappa shape index (κ2) is 3.76. The SMILES string of the molecule is Cc1ncc2cc(-c3cnn(C)c3)c(=O)[nH]c2n1. The molecular weight excluding hydrogens is 230 g/mol. The maximum Gasteiger partial charge on any atom is 0.257 e. The number of aromatic nitrogens is 5. The average Bonchev–Trinajstić information content (AvgIpc) is 2.74. The zero-order valence-corrected chi connectivity index (χ0v) is 10.0. The third-order valence-corrected chi connectivity index (χ3v) is 2.73. The van der Waals surface area contributed by atoms with Gasteiger partial charge in [-0.15, -0.1) is 0 Å². The van der Waals surface area contributed by atoms with Gasteiger partial charge in [0.2, 0.25) is 0 Å². The van der Waals surface area contributed by atoms with E-state index in [2.05, 4.69) is 20.1 Å². The fourth-order valence-electron chi connectivity index (χ4n) is 1.86. The van der Waals surface area contributed by atoms with Gasteiger partial charge in [0.1, 0.15) is 11.5 Å². The van der Waals surface area contributed by atoms with Gasteiger partial charge in [-0.2, -0.15) is 5.10 Å². The molecule has 3 heterocycles. The molecule has 0 saturated carbocycles. The number of H-pyrrole nitrogens is 1. The lowest BCUT2D eigenvalue weighted by Gasteiger charge is -2.01. The Labute approximate surface area is 102 Å². The summed E-state index contributed by atoms with van der Waals surface area (Å²) >= 11 is 0. The van der Waals surface area contributed by atoms with Gasteiger partial charge in [0, 0.05) is 30.4 Å². The van der Waals surface area contributed by atoms with Crippen LogP contribution >= 0.6 is 0 Å². The van der Waals surface area contributed by atoms with E-state index >= 15 is 0 Å². The van der Waals surface area contributed by atoms with E-state index in [4.69, 9.17) is 0 Å². The van der Waals surface area contributed by atoms with Crippen LogP contribution in [0.25, 0.3) is 22.2 Å². The van der Waals surface area contributed by atoms with Crippen LogP contribution in [0.2, 0.25) is 0 Å². The van der Waals surface area contributed by atoms with Crippen molar-refractivity contribution in [1.29, 1.82) is 0 Å². The highest BCUT2D eigenvalue weighted by Gasteiger charge is 2.08. The van der Waals surface area contributed by atoms with Crippen molar-refractivity contribution in [3.8, 4) is 11.1 Å². The van der Waals surface area contributed by atoms with Crippen molar-refractivity contribution >= 4 is 11.0 Å². The predicted octanol–water partition coefficient (Wildman–Crippen LogP) is 1.03. The van der Waals surface area contributed by atoms with Crippen molar-refractivity contribution < 1.29 is 0 Å². The Morgan fingerprint density at radius 1 is 1.33 bits per heavy atom. The highest BCUT2D eigenvalue weighted by Crippen LogP contribution is 2.17. The molecule has 1 N–H and O–H groups in total. The summed E-state index contributed by atoms with van der Waals surface area (Å²) in [6.45, 7) is 1.78. The number of nitrogens with zero attached hydrogens (tertiary/aromatic N) is 4.